The zero-order chi connectivity index (χ0) is 21.6. The zero-order valence-electron chi connectivity index (χ0n) is 16.1. The summed E-state index contributed by atoms with van der Waals surface area (Å²) in [4.78, 5) is 26.6. The summed E-state index contributed by atoms with van der Waals surface area (Å²) >= 11 is 12.1. The Bertz CT molecular complexity index is 1070. The Hall–Kier alpha value is -1.93. The molecule has 154 valence electrons. The molecule has 2 amide bonds. The molecule has 3 rings (SSSR count). The van der Waals surface area contributed by atoms with Crippen LogP contribution < -0.4 is 4.90 Å². The van der Waals surface area contributed by atoms with Gasteiger partial charge in [-0.2, -0.15) is 4.31 Å². The molecular weight excluding hydrogens is 435 g/mol. The lowest BCUT2D eigenvalue weighted by Gasteiger charge is -2.37. The van der Waals surface area contributed by atoms with Gasteiger partial charge >= 0.3 is 0 Å². The molecule has 1 aliphatic rings. The van der Waals surface area contributed by atoms with Crippen molar-refractivity contribution in [2.24, 2.45) is 0 Å². The number of imide groups is 1. The monoisotopic (exact) mass is 454 g/mol. The summed E-state index contributed by atoms with van der Waals surface area (Å²) < 4.78 is 28.1. The molecule has 1 saturated heterocycles. The summed E-state index contributed by atoms with van der Waals surface area (Å²) in [5.41, 5.74) is -0.602. The van der Waals surface area contributed by atoms with Crippen LogP contribution in [0.1, 0.15) is 27.2 Å². The molecule has 0 saturated carbocycles. The molecule has 0 aromatic heterocycles. The van der Waals surface area contributed by atoms with Crippen LogP contribution in [0.25, 0.3) is 0 Å². The summed E-state index contributed by atoms with van der Waals surface area (Å²) in [6, 6.07) is 11.3. The van der Waals surface area contributed by atoms with Crippen molar-refractivity contribution in [1.29, 1.82) is 0 Å². The molecule has 1 aliphatic heterocycles. The minimum atomic E-state index is -4.24. The van der Waals surface area contributed by atoms with Gasteiger partial charge in [-0.1, -0.05) is 41.4 Å². The molecule has 1 fully saturated rings. The molecule has 6 nitrogen and oxygen atoms in total. The van der Waals surface area contributed by atoms with Gasteiger partial charge in [-0.25, -0.2) is 13.3 Å². The van der Waals surface area contributed by atoms with Gasteiger partial charge in [0.05, 0.1) is 17.1 Å². The van der Waals surface area contributed by atoms with E-state index in [9.17, 15) is 18.0 Å². The summed E-state index contributed by atoms with van der Waals surface area (Å²) in [6.45, 7) is 4.98. The average molecular weight is 455 g/mol. The number of benzene rings is 2. The van der Waals surface area contributed by atoms with Crippen LogP contribution in [-0.2, 0) is 19.6 Å². The lowest BCUT2D eigenvalue weighted by molar-refractivity contribution is -0.122. The number of amides is 2. The van der Waals surface area contributed by atoms with Crippen LogP contribution in [0.2, 0.25) is 10.0 Å². The Morgan fingerprint density at radius 1 is 1.03 bits per heavy atom. The second-order valence-electron chi connectivity index (χ2n) is 7.67. The number of nitrogens with zero attached hydrogens (tertiary/aromatic N) is 2. The van der Waals surface area contributed by atoms with Crippen LogP contribution >= 0.6 is 23.2 Å². The fourth-order valence-electron chi connectivity index (χ4n) is 3.42. The maximum absolute atomic E-state index is 13.5. The van der Waals surface area contributed by atoms with Crippen LogP contribution in [0.5, 0.6) is 0 Å². The van der Waals surface area contributed by atoms with Crippen molar-refractivity contribution < 1.29 is 18.0 Å². The molecule has 1 atom stereocenters. The maximum Gasteiger partial charge on any atom is 0.252 e. The predicted molar refractivity (Wildman–Crippen MR) is 113 cm³/mol. The number of sulfonamides is 1. The quantitative estimate of drug-likeness (QED) is 0.651. The van der Waals surface area contributed by atoms with Crippen LogP contribution in [0.15, 0.2) is 53.4 Å². The fourth-order valence-corrected chi connectivity index (χ4v) is 6.09. The predicted octanol–water partition coefficient (Wildman–Crippen LogP) is 4.11. The van der Waals surface area contributed by atoms with Gasteiger partial charge in [0.1, 0.15) is 10.9 Å². The average Bonchev–Trinajstić information content (AvgIpc) is 2.90. The minimum absolute atomic E-state index is 0.0136. The third-order valence-electron chi connectivity index (χ3n) is 4.51. The first-order valence-corrected chi connectivity index (χ1v) is 11.1. The first-order chi connectivity index (χ1) is 13.4. The van der Waals surface area contributed by atoms with Gasteiger partial charge in [0.15, 0.2) is 0 Å². The standard InChI is InChI=1S/C20H20Cl2N2O4S/c1-20(2,3)24(29(27,28)17-11-13(21)9-10-15(17)22)16-12-18(25)23(19(16)26)14-7-5-4-6-8-14/h4-11,16H,12H2,1-3H3. The summed E-state index contributed by atoms with van der Waals surface area (Å²) in [5.74, 6) is -1.06. The van der Waals surface area contributed by atoms with Gasteiger partial charge in [0.2, 0.25) is 15.9 Å². The number of rotatable bonds is 4. The van der Waals surface area contributed by atoms with E-state index in [1.54, 1.807) is 51.1 Å². The van der Waals surface area contributed by atoms with Crippen molar-refractivity contribution in [3.05, 3.63) is 58.6 Å². The Morgan fingerprint density at radius 2 is 1.66 bits per heavy atom. The third-order valence-corrected chi connectivity index (χ3v) is 7.40. The first kappa shape index (κ1) is 21.8. The number of carbonyl (C=O) groups is 2. The highest BCUT2D eigenvalue weighted by molar-refractivity contribution is 7.89. The molecule has 2 aromatic rings. The van der Waals surface area contributed by atoms with Gasteiger partial charge in [0.25, 0.3) is 5.91 Å². The Balaban J connectivity index is 2.10. The summed E-state index contributed by atoms with van der Waals surface area (Å²) in [6.07, 6.45) is -0.261. The van der Waals surface area contributed by atoms with E-state index in [1.807, 2.05) is 0 Å². The molecule has 0 N–H and O–H groups in total. The second kappa shape index (κ2) is 7.72. The minimum Gasteiger partial charge on any atom is -0.274 e. The van der Waals surface area contributed by atoms with Gasteiger partial charge < -0.3 is 0 Å². The van der Waals surface area contributed by atoms with Gasteiger partial charge in [-0.3, -0.25) is 9.59 Å². The molecule has 1 heterocycles. The number of hydrogen-bond donors (Lipinski definition) is 0. The summed E-state index contributed by atoms with van der Waals surface area (Å²) in [7, 11) is -4.24. The largest absolute Gasteiger partial charge is 0.274 e. The van der Waals surface area contributed by atoms with Crippen molar-refractivity contribution in [3.63, 3.8) is 0 Å². The van der Waals surface area contributed by atoms with Crippen molar-refractivity contribution in [2.45, 2.75) is 43.7 Å². The molecule has 0 radical (unpaired) electrons. The number of carbonyl (C=O) groups excluding carboxylic acids is 2. The highest BCUT2D eigenvalue weighted by atomic mass is 35.5. The lowest BCUT2D eigenvalue weighted by atomic mass is 10.1. The Kier molecular flexibility index (Phi) is 5.80. The first-order valence-electron chi connectivity index (χ1n) is 8.86. The summed E-state index contributed by atoms with van der Waals surface area (Å²) in [5, 5.41) is 0.182. The van der Waals surface area contributed by atoms with E-state index < -0.39 is 33.4 Å². The second-order valence-corrected chi connectivity index (χ2v) is 10.3. The van der Waals surface area contributed by atoms with E-state index in [2.05, 4.69) is 0 Å². The Morgan fingerprint density at radius 3 is 2.24 bits per heavy atom. The van der Waals surface area contributed by atoms with E-state index in [4.69, 9.17) is 23.2 Å². The molecule has 2 aromatic carbocycles. The molecule has 0 aliphatic carbocycles. The van der Waals surface area contributed by atoms with E-state index in [-0.39, 0.29) is 21.4 Å². The molecule has 0 spiro atoms. The van der Waals surface area contributed by atoms with Gasteiger partial charge in [0, 0.05) is 10.6 Å². The topological polar surface area (TPSA) is 74.8 Å². The van der Waals surface area contributed by atoms with E-state index in [0.29, 0.717) is 5.69 Å². The number of halogens is 2. The normalized spacial score (nSPS) is 18.0. The third kappa shape index (κ3) is 4.05. The number of para-hydroxylation sites is 1. The van der Waals surface area contributed by atoms with Crippen LogP contribution in [-0.4, -0.2) is 36.1 Å². The van der Waals surface area contributed by atoms with Crippen LogP contribution in [0.4, 0.5) is 5.69 Å². The van der Waals surface area contributed by atoms with Crippen molar-refractivity contribution in [3.8, 4) is 0 Å². The molecule has 9 heteroatoms. The maximum atomic E-state index is 13.5. The van der Waals surface area contributed by atoms with E-state index >= 15 is 0 Å². The SMILES string of the molecule is CC(C)(C)N(C1CC(=O)N(c2ccccc2)C1=O)S(=O)(=O)c1cc(Cl)ccc1Cl. The molecule has 29 heavy (non-hydrogen) atoms. The smallest absolute Gasteiger partial charge is 0.252 e. The highest BCUT2D eigenvalue weighted by Gasteiger charge is 2.51. The van der Waals surface area contributed by atoms with Crippen LogP contribution in [0.3, 0.4) is 0 Å². The van der Waals surface area contributed by atoms with Crippen molar-refractivity contribution in [2.75, 3.05) is 4.90 Å². The van der Waals surface area contributed by atoms with Crippen molar-refractivity contribution >= 4 is 50.7 Å². The van der Waals surface area contributed by atoms with Gasteiger partial charge in [-0.15, -0.1) is 0 Å². The van der Waals surface area contributed by atoms with E-state index in [1.165, 1.54) is 18.2 Å². The van der Waals surface area contributed by atoms with Crippen LogP contribution in [0, 0.1) is 0 Å². The number of anilines is 1. The van der Waals surface area contributed by atoms with Gasteiger partial charge in [-0.05, 0) is 51.1 Å². The molecular formula is C20H20Cl2N2O4S. The Labute approximate surface area is 180 Å². The number of hydrogen-bond acceptors (Lipinski definition) is 4. The zero-order valence-corrected chi connectivity index (χ0v) is 18.4. The molecule has 1 unspecified atom stereocenters. The highest BCUT2D eigenvalue weighted by Crippen LogP contribution is 2.36. The fraction of sp³-hybridized carbons (Fsp3) is 0.300. The lowest BCUT2D eigenvalue weighted by Crippen LogP contribution is -2.54. The van der Waals surface area contributed by atoms with E-state index in [0.717, 1.165) is 9.21 Å². The molecule has 0 bridgehead atoms. The van der Waals surface area contributed by atoms with Crippen molar-refractivity contribution in [1.82, 2.24) is 4.31 Å².